The molecule has 134 valence electrons. The second-order valence-corrected chi connectivity index (χ2v) is 6.53. The van der Waals surface area contributed by atoms with E-state index in [9.17, 15) is 10.1 Å². The molecule has 0 unspecified atom stereocenters. The summed E-state index contributed by atoms with van der Waals surface area (Å²) in [5.74, 6) is 0. The fourth-order valence-corrected chi connectivity index (χ4v) is 3.41. The summed E-state index contributed by atoms with van der Waals surface area (Å²) in [6, 6.07) is 13.9. The van der Waals surface area contributed by atoms with E-state index in [4.69, 9.17) is 4.63 Å². The smallest absolute Gasteiger partial charge is 0.300 e. The third kappa shape index (κ3) is 3.36. The van der Waals surface area contributed by atoms with Gasteiger partial charge in [-0.3, -0.25) is 15.0 Å². The van der Waals surface area contributed by atoms with Crippen molar-refractivity contribution in [2.24, 2.45) is 0 Å². The number of aromatic nitrogens is 2. The zero-order valence-corrected chi connectivity index (χ0v) is 14.2. The summed E-state index contributed by atoms with van der Waals surface area (Å²) in [6.07, 6.45) is 1.99. The van der Waals surface area contributed by atoms with Gasteiger partial charge in [-0.2, -0.15) is 0 Å². The van der Waals surface area contributed by atoms with Crippen LogP contribution in [0.15, 0.2) is 47.1 Å². The predicted molar refractivity (Wildman–Crippen MR) is 96.8 cm³/mol. The highest BCUT2D eigenvalue weighted by Crippen LogP contribution is 2.30. The van der Waals surface area contributed by atoms with E-state index in [2.05, 4.69) is 44.8 Å². The van der Waals surface area contributed by atoms with Crippen molar-refractivity contribution in [3.8, 4) is 0 Å². The predicted octanol–water partition coefficient (Wildman–Crippen LogP) is 3.21. The Kier molecular flexibility index (Phi) is 4.49. The van der Waals surface area contributed by atoms with E-state index in [1.54, 1.807) is 6.07 Å². The summed E-state index contributed by atoms with van der Waals surface area (Å²) in [6.45, 7) is 2.96. The van der Waals surface area contributed by atoms with Gasteiger partial charge < -0.3 is 5.32 Å². The molecule has 4 rings (SSSR count). The number of rotatable bonds is 5. The zero-order chi connectivity index (χ0) is 17.9. The number of benzene rings is 2. The van der Waals surface area contributed by atoms with Gasteiger partial charge in [0, 0.05) is 31.7 Å². The molecule has 1 aliphatic heterocycles. The highest BCUT2D eigenvalue weighted by molar-refractivity contribution is 5.93. The fraction of sp³-hybridized carbons (Fsp3) is 0.333. The van der Waals surface area contributed by atoms with Gasteiger partial charge in [-0.1, -0.05) is 30.3 Å². The Bertz CT molecular complexity index is 904. The highest BCUT2D eigenvalue weighted by atomic mass is 16.6. The highest BCUT2D eigenvalue weighted by Gasteiger charge is 2.23. The van der Waals surface area contributed by atoms with Gasteiger partial charge in [0.1, 0.15) is 0 Å². The standard InChI is InChI=1S/C18H19N5O3/c24-23(25)16-7-6-15(17-18(16)21-26-20-17)19-14-8-10-22(11-9-14)12-13-4-2-1-3-5-13/h1-7,14,19H,8-12H2. The summed E-state index contributed by atoms with van der Waals surface area (Å²) < 4.78 is 4.72. The molecule has 8 nitrogen and oxygen atoms in total. The van der Waals surface area contributed by atoms with Gasteiger partial charge >= 0.3 is 5.69 Å². The number of fused-ring (bicyclic) bond motifs is 1. The lowest BCUT2D eigenvalue weighted by atomic mass is 10.0. The molecular formula is C18H19N5O3. The monoisotopic (exact) mass is 353 g/mol. The topological polar surface area (TPSA) is 97.3 Å². The Labute approximate surface area is 149 Å². The molecule has 3 aromatic rings. The van der Waals surface area contributed by atoms with Crippen molar-refractivity contribution in [2.75, 3.05) is 18.4 Å². The number of nitrogens with one attached hydrogen (secondary N) is 1. The van der Waals surface area contributed by atoms with E-state index in [0.717, 1.165) is 38.2 Å². The normalized spacial score (nSPS) is 16.0. The lowest BCUT2D eigenvalue weighted by Crippen LogP contribution is -2.38. The molecule has 0 radical (unpaired) electrons. The third-order valence-corrected chi connectivity index (χ3v) is 4.79. The fourth-order valence-electron chi connectivity index (χ4n) is 3.41. The number of non-ortho nitro benzene ring substituents is 1. The van der Waals surface area contributed by atoms with Crippen LogP contribution >= 0.6 is 0 Å². The maximum Gasteiger partial charge on any atom is 0.300 e. The minimum absolute atomic E-state index is 0.0931. The van der Waals surface area contributed by atoms with Crippen molar-refractivity contribution in [3.05, 3.63) is 58.1 Å². The van der Waals surface area contributed by atoms with Gasteiger partial charge in [0.15, 0.2) is 5.52 Å². The molecule has 8 heteroatoms. The van der Waals surface area contributed by atoms with Gasteiger partial charge in [0.25, 0.3) is 0 Å². The lowest BCUT2D eigenvalue weighted by molar-refractivity contribution is -0.383. The second kappa shape index (κ2) is 7.09. The van der Waals surface area contributed by atoms with Crippen molar-refractivity contribution in [1.29, 1.82) is 0 Å². The molecule has 2 aromatic carbocycles. The number of hydrogen-bond donors (Lipinski definition) is 1. The van der Waals surface area contributed by atoms with Crippen molar-refractivity contribution in [2.45, 2.75) is 25.4 Å². The lowest BCUT2D eigenvalue weighted by Gasteiger charge is -2.32. The zero-order valence-electron chi connectivity index (χ0n) is 14.2. The van der Waals surface area contributed by atoms with Gasteiger partial charge in [-0.25, -0.2) is 4.63 Å². The Morgan fingerprint density at radius 1 is 1.12 bits per heavy atom. The molecule has 1 fully saturated rings. The summed E-state index contributed by atoms with van der Waals surface area (Å²) in [5.41, 5.74) is 2.55. The Balaban J connectivity index is 1.40. The minimum atomic E-state index is -0.474. The van der Waals surface area contributed by atoms with Crippen LogP contribution in [-0.2, 0) is 6.54 Å². The van der Waals surface area contributed by atoms with Crippen LogP contribution in [0, 0.1) is 10.1 Å². The van der Waals surface area contributed by atoms with Gasteiger partial charge in [-0.05, 0) is 34.8 Å². The number of nitro groups is 1. The van der Waals surface area contributed by atoms with Crippen molar-refractivity contribution in [3.63, 3.8) is 0 Å². The number of hydrogen-bond acceptors (Lipinski definition) is 7. The number of anilines is 1. The molecule has 1 aliphatic rings. The SMILES string of the molecule is O=[N+]([O-])c1ccc(NC2CCN(Cc3ccccc3)CC2)c2nonc12. The summed E-state index contributed by atoms with van der Waals surface area (Å²) in [7, 11) is 0. The molecule has 0 bridgehead atoms. The number of likely N-dealkylation sites (tertiary alicyclic amines) is 1. The van der Waals surface area contributed by atoms with Crippen LogP contribution in [-0.4, -0.2) is 39.3 Å². The van der Waals surface area contributed by atoms with E-state index in [1.165, 1.54) is 11.6 Å². The average molecular weight is 353 g/mol. The average Bonchev–Trinajstić information content (AvgIpc) is 3.14. The molecule has 0 spiro atoms. The van der Waals surface area contributed by atoms with Crippen LogP contribution in [0.5, 0.6) is 0 Å². The van der Waals surface area contributed by atoms with Crippen LogP contribution in [0.25, 0.3) is 11.0 Å². The minimum Gasteiger partial charge on any atom is -0.380 e. The second-order valence-electron chi connectivity index (χ2n) is 6.53. The van der Waals surface area contributed by atoms with Crippen molar-refractivity contribution in [1.82, 2.24) is 15.2 Å². The van der Waals surface area contributed by atoms with Gasteiger partial charge in [-0.15, -0.1) is 0 Å². The van der Waals surface area contributed by atoms with Gasteiger partial charge in [0.05, 0.1) is 10.6 Å². The van der Waals surface area contributed by atoms with Crippen LogP contribution < -0.4 is 5.32 Å². The molecule has 0 saturated carbocycles. The summed E-state index contributed by atoms with van der Waals surface area (Å²) in [5, 5.41) is 22.0. The third-order valence-electron chi connectivity index (χ3n) is 4.79. The largest absolute Gasteiger partial charge is 0.380 e. The van der Waals surface area contributed by atoms with E-state index >= 15 is 0 Å². The first kappa shape index (κ1) is 16.5. The first-order chi connectivity index (χ1) is 12.7. The molecule has 1 saturated heterocycles. The summed E-state index contributed by atoms with van der Waals surface area (Å²) >= 11 is 0. The van der Waals surface area contributed by atoms with Crippen LogP contribution in [0.3, 0.4) is 0 Å². The molecular weight excluding hydrogens is 334 g/mol. The Morgan fingerprint density at radius 3 is 2.58 bits per heavy atom. The molecule has 1 aromatic heterocycles. The van der Waals surface area contributed by atoms with E-state index in [0.29, 0.717) is 11.6 Å². The number of nitro benzene ring substituents is 1. The van der Waals surface area contributed by atoms with Crippen molar-refractivity contribution >= 4 is 22.4 Å². The quantitative estimate of drug-likeness (QED) is 0.555. The molecule has 26 heavy (non-hydrogen) atoms. The maximum absolute atomic E-state index is 11.1. The van der Waals surface area contributed by atoms with E-state index in [-0.39, 0.29) is 11.2 Å². The summed E-state index contributed by atoms with van der Waals surface area (Å²) in [4.78, 5) is 13.0. The van der Waals surface area contributed by atoms with Crippen LogP contribution in [0.2, 0.25) is 0 Å². The van der Waals surface area contributed by atoms with Crippen LogP contribution in [0.4, 0.5) is 11.4 Å². The van der Waals surface area contributed by atoms with Crippen molar-refractivity contribution < 1.29 is 9.55 Å². The van der Waals surface area contributed by atoms with E-state index < -0.39 is 4.92 Å². The molecule has 0 aliphatic carbocycles. The Morgan fingerprint density at radius 2 is 1.85 bits per heavy atom. The Hall–Kier alpha value is -3.00. The van der Waals surface area contributed by atoms with Gasteiger partial charge in [0.2, 0.25) is 5.52 Å². The molecule has 0 atom stereocenters. The first-order valence-electron chi connectivity index (χ1n) is 8.63. The maximum atomic E-state index is 11.1. The molecule has 1 N–H and O–H groups in total. The van der Waals surface area contributed by atoms with E-state index in [1.807, 2.05) is 6.07 Å². The molecule has 2 heterocycles. The number of piperidine rings is 1. The number of nitrogens with zero attached hydrogens (tertiary/aromatic N) is 4. The first-order valence-corrected chi connectivity index (χ1v) is 8.63. The molecule has 0 amide bonds. The van der Waals surface area contributed by atoms with Crippen LogP contribution in [0.1, 0.15) is 18.4 Å².